The van der Waals surface area contributed by atoms with E-state index in [0.29, 0.717) is 11.6 Å². The molecule has 1 aromatic heterocycles. The Morgan fingerprint density at radius 1 is 1.32 bits per heavy atom. The molecule has 1 saturated heterocycles. The van der Waals surface area contributed by atoms with Crippen molar-refractivity contribution >= 4 is 5.91 Å². The molecule has 132 valence electrons. The molecule has 1 atom stereocenters. The van der Waals surface area contributed by atoms with Crippen molar-refractivity contribution in [3.05, 3.63) is 41.9 Å². The molecule has 1 aliphatic rings. The summed E-state index contributed by atoms with van der Waals surface area (Å²) >= 11 is 0. The molecule has 0 aliphatic carbocycles. The monoisotopic (exact) mass is 342 g/mol. The number of rotatable bonds is 6. The minimum atomic E-state index is -0.312. The molecule has 25 heavy (non-hydrogen) atoms. The summed E-state index contributed by atoms with van der Waals surface area (Å²) in [4.78, 5) is 22.2. The van der Waals surface area contributed by atoms with Gasteiger partial charge in [0.05, 0.1) is 13.7 Å². The molecule has 1 amide bonds. The van der Waals surface area contributed by atoms with Gasteiger partial charge in [-0.25, -0.2) is 4.98 Å². The van der Waals surface area contributed by atoms with Crippen LogP contribution in [-0.4, -0.2) is 47.5 Å². The molecule has 2 aromatic rings. The van der Waals surface area contributed by atoms with Gasteiger partial charge in [0.15, 0.2) is 0 Å². The van der Waals surface area contributed by atoms with Crippen molar-refractivity contribution in [3.63, 3.8) is 0 Å². The van der Waals surface area contributed by atoms with Gasteiger partial charge in [0.2, 0.25) is 11.8 Å². The smallest absolute Gasteiger partial charge is 0.231 e. The number of methoxy groups -OCH3 is 1. The number of aromatic nitrogens is 2. The van der Waals surface area contributed by atoms with Crippen LogP contribution in [0.5, 0.6) is 17.4 Å². The predicted molar refractivity (Wildman–Crippen MR) is 92.8 cm³/mol. The van der Waals surface area contributed by atoms with Crippen LogP contribution in [0.3, 0.4) is 0 Å². The van der Waals surface area contributed by atoms with Gasteiger partial charge in [-0.3, -0.25) is 9.69 Å². The molecule has 0 spiro atoms. The summed E-state index contributed by atoms with van der Waals surface area (Å²) in [5, 5.41) is 0. The third-order valence-corrected chi connectivity index (χ3v) is 4.13. The number of hydrogen-bond acceptors (Lipinski definition) is 6. The second-order valence-electron chi connectivity index (χ2n) is 6.17. The average molecular weight is 342 g/mol. The maximum Gasteiger partial charge on any atom is 0.231 e. The SMILES string of the molecule is COc1cccc(Oc2cc(C)nc(C3CCN(CC(N)=O)C3)n2)c1. The van der Waals surface area contributed by atoms with Crippen LogP contribution in [0.15, 0.2) is 30.3 Å². The van der Waals surface area contributed by atoms with Crippen LogP contribution >= 0.6 is 0 Å². The number of nitrogens with zero attached hydrogens (tertiary/aromatic N) is 3. The molecule has 1 aromatic carbocycles. The molecule has 0 radical (unpaired) electrons. The van der Waals surface area contributed by atoms with Gasteiger partial charge in [0, 0.05) is 30.3 Å². The normalized spacial score (nSPS) is 17.4. The van der Waals surface area contributed by atoms with Gasteiger partial charge in [-0.1, -0.05) is 6.07 Å². The molecular weight excluding hydrogens is 320 g/mol. The van der Waals surface area contributed by atoms with Gasteiger partial charge in [0.1, 0.15) is 17.3 Å². The number of carbonyl (C=O) groups excluding carboxylic acids is 1. The largest absolute Gasteiger partial charge is 0.497 e. The highest BCUT2D eigenvalue weighted by Crippen LogP contribution is 2.28. The Morgan fingerprint density at radius 2 is 2.12 bits per heavy atom. The van der Waals surface area contributed by atoms with E-state index < -0.39 is 0 Å². The van der Waals surface area contributed by atoms with Crippen molar-refractivity contribution in [2.24, 2.45) is 5.73 Å². The Balaban J connectivity index is 1.75. The Bertz CT molecular complexity index is 766. The summed E-state index contributed by atoms with van der Waals surface area (Å²) in [5.74, 6) is 2.49. The predicted octanol–water partition coefficient (Wildman–Crippen LogP) is 1.86. The highest BCUT2D eigenvalue weighted by Gasteiger charge is 2.27. The Hall–Kier alpha value is -2.67. The molecule has 2 heterocycles. The quantitative estimate of drug-likeness (QED) is 0.862. The van der Waals surface area contributed by atoms with Crippen molar-refractivity contribution < 1.29 is 14.3 Å². The number of hydrogen-bond donors (Lipinski definition) is 1. The maximum absolute atomic E-state index is 11.1. The van der Waals surface area contributed by atoms with Crippen LogP contribution in [-0.2, 0) is 4.79 Å². The van der Waals surface area contributed by atoms with E-state index >= 15 is 0 Å². The lowest BCUT2D eigenvalue weighted by molar-refractivity contribution is -0.118. The molecule has 3 rings (SSSR count). The van der Waals surface area contributed by atoms with E-state index in [9.17, 15) is 4.79 Å². The maximum atomic E-state index is 11.1. The molecule has 7 heteroatoms. The minimum Gasteiger partial charge on any atom is -0.497 e. The molecule has 1 unspecified atom stereocenters. The summed E-state index contributed by atoms with van der Waals surface area (Å²) in [5.41, 5.74) is 6.12. The molecule has 0 bridgehead atoms. The summed E-state index contributed by atoms with van der Waals surface area (Å²) < 4.78 is 11.1. The first-order chi connectivity index (χ1) is 12.0. The van der Waals surface area contributed by atoms with Crippen molar-refractivity contribution in [2.45, 2.75) is 19.3 Å². The zero-order valence-corrected chi connectivity index (χ0v) is 14.4. The fourth-order valence-corrected chi connectivity index (χ4v) is 2.99. The molecule has 7 nitrogen and oxygen atoms in total. The van der Waals surface area contributed by atoms with Gasteiger partial charge >= 0.3 is 0 Å². The van der Waals surface area contributed by atoms with Gasteiger partial charge in [-0.05, 0) is 32.0 Å². The highest BCUT2D eigenvalue weighted by molar-refractivity contribution is 5.75. The van der Waals surface area contributed by atoms with E-state index in [2.05, 4.69) is 9.97 Å². The average Bonchev–Trinajstić information content (AvgIpc) is 3.02. The molecule has 2 N–H and O–H groups in total. The van der Waals surface area contributed by atoms with Crippen molar-refractivity contribution in [3.8, 4) is 17.4 Å². The third-order valence-electron chi connectivity index (χ3n) is 4.13. The van der Waals surface area contributed by atoms with Gasteiger partial charge in [0.25, 0.3) is 0 Å². The van der Waals surface area contributed by atoms with Crippen LogP contribution in [0.4, 0.5) is 0 Å². The van der Waals surface area contributed by atoms with Crippen LogP contribution in [0.2, 0.25) is 0 Å². The van der Waals surface area contributed by atoms with Crippen molar-refractivity contribution in [1.82, 2.24) is 14.9 Å². The van der Waals surface area contributed by atoms with Crippen LogP contribution in [0.25, 0.3) is 0 Å². The summed E-state index contributed by atoms with van der Waals surface area (Å²) in [6.45, 7) is 3.73. The number of likely N-dealkylation sites (tertiary alicyclic amines) is 1. The number of benzene rings is 1. The number of carbonyl (C=O) groups is 1. The molecular formula is C18H22N4O3. The molecule has 1 fully saturated rings. The standard InChI is InChI=1S/C18H22N4O3/c1-12-8-17(25-15-5-3-4-14(9-15)24-2)21-18(20-12)13-6-7-22(10-13)11-16(19)23/h3-5,8-9,13H,6-7,10-11H2,1-2H3,(H2,19,23). The van der Waals surface area contributed by atoms with E-state index in [4.69, 9.17) is 15.2 Å². The summed E-state index contributed by atoms with van der Waals surface area (Å²) in [7, 11) is 1.62. The van der Waals surface area contributed by atoms with Crippen LogP contribution in [0.1, 0.15) is 23.9 Å². The molecule has 1 aliphatic heterocycles. The second kappa shape index (κ2) is 7.48. The zero-order valence-electron chi connectivity index (χ0n) is 14.4. The minimum absolute atomic E-state index is 0.173. The fourth-order valence-electron chi connectivity index (χ4n) is 2.99. The second-order valence-corrected chi connectivity index (χ2v) is 6.17. The fraction of sp³-hybridized carbons (Fsp3) is 0.389. The lowest BCUT2D eigenvalue weighted by Crippen LogP contribution is -2.31. The third kappa shape index (κ3) is 4.45. The Morgan fingerprint density at radius 3 is 2.88 bits per heavy atom. The Kier molecular flexibility index (Phi) is 5.14. The van der Waals surface area contributed by atoms with Gasteiger partial charge < -0.3 is 15.2 Å². The number of nitrogens with two attached hydrogens (primary N) is 1. The summed E-state index contributed by atoms with van der Waals surface area (Å²) in [6, 6.07) is 9.18. The summed E-state index contributed by atoms with van der Waals surface area (Å²) in [6.07, 6.45) is 0.898. The van der Waals surface area contributed by atoms with E-state index in [0.717, 1.165) is 36.8 Å². The first-order valence-electron chi connectivity index (χ1n) is 8.21. The number of aryl methyl sites for hydroxylation is 1. The van der Waals surface area contributed by atoms with E-state index in [1.165, 1.54) is 0 Å². The Labute approximate surface area is 146 Å². The van der Waals surface area contributed by atoms with Crippen LogP contribution in [0, 0.1) is 6.92 Å². The highest BCUT2D eigenvalue weighted by atomic mass is 16.5. The first-order valence-corrected chi connectivity index (χ1v) is 8.21. The van der Waals surface area contributed by atoms with Gasteiger partial charge in [-0.2, -0.15) is 4.98 Å². The van der Waals surface area contributed by atoms with E-state index in [1.807, 2.05) is 30.0 Å². The first kappa shape index (κ1) is 17.2. The van der Waals surface area contributed by atoms with E-state index in [-0.39, 0.29) is 18.4 Å². The zero-order chi connectivity index (χ0) is 17.8. The topological polar surface area (TPSA) is 90.6 Å². The van der Waals surface area contributed by atoms with Crippen molar-refractivity contribution in [2.75, 3.05) is 26.7 Å². The van der Waals surface area contributed by atoms with E-state index in [1.54, 1.807) is 19.2 Å². The van der Waals surface area contributed by atoms with Crippen LogP contribution < -0.4 is 15.2 Å². The van der Waals surface area contributed by atoms with Crippen molar-refractivity contribution in [1.29, 1.82) is 0 Å². The van der Waals surface area contributed by atoms with Gasteiger partial charge in [-0.15, -0.1) is 0 Å². The number of amides is 1. The number of primary amides is 1. The number of ether oxygens (including phenoxy) is 2. The lowest BCUT2D eigenvalue weighted by atomic mass is 10.1. The lowest BCUT2D eigenvalue weighted by Gasteiger charge is -2.14. The molecule has 0 saturated carbocycles.